The van der Waals surface area contributed by atoms with E-state index >= 15 is 0 Å². The zero-order valence-corrected chi connectivity index (χ0v) is 15.5. The third kappa shape index (κ3) is 2.21. The number of hydrogen-bond donors (Lipinski definition) is 1. The standard InChI is InChI=1S/C20H24N4O2/c1-4-7-17-20(14-8-5-6-9-15(14)21-19(20)26)10-11-24(17)18(25)16-12-13(2)23(3)22-16/h5-6,8-9,12,17H,4,7,10-11H2,1-3H3,(H,21,26)/t17-,20+/m0/s1. The van der Waals surface area contributed by atoms with Gasteiger partial charge >= 0.3 is 0 Å². The van der Waals surface area contributed by atoms with Crippen molar-refractivity contribution in [2.24, 2.45) is 7.05 Å². The summed E-state index contributed by atoms with van der Waals surface area (Å²) in [4.78, 5) is 28.1. The molecule has 1 aromatic heterocycles. The van der Waals surface area contributed by atoms with Gasteiger partial charge in [-0.1, -0.05) is 31.5 Å². The molecule has 1 saturated heterocycles. The van der Waals surface area contributed by atoms with Crippen LogP contribution in [0.25, 0.3) is 0 Å². The predicted octanol–water partition coefficient (Wildman–Crippen LogP) is 2.63. The molecule has 4 rings (SSSR count). The van der Waals surface area contributed by atoms with Crippen molar-refractivity contribution in [3.63, 3.8) is 0 Å². The van der Waals surface area contributed by atoms with E-state index in [1.807, 2.05) is 49.2 Å². The van der Waals surface area contributed by atoms with Gasteiger partial charge < -0.3 is 10.2 Å². The number of nitrogens with zero attached hydrogens (tertiary/aromatic N) is 3. The Hall–Kier alpha value is -2.63. The Bertz CT molecular complexity index is 868. The summed E-state index contributed by atoms with van der Waals surface area (Å²) in [6.45, 7) is 4.60. The van der Waals surface area contributed by atoms with Gasteiger partial charge in [-0.2, -0.15) is 5.10 Å². The summed E-state index contributed by atoms with van der Waals surface area (Å²) in [5.74, 6) is -0.0640. The smallest absolute Gasteiger partial charge is 0.274 e. The number of aromatic nitrogens is 2. The molecule has 26 heavy (non-hydrogen) atoms. The molecule has 3 heterocycles. The molecule has 1 N–H and O–H groups in total. The number of likely N-dealkylation sites (tertiary alicyclic amines) is 1. The van der Waals surface area contributed by atoms with Crippen LogP contribution >= 0.6 is 0 Å². The van der Waals surface area contributed by atoms with E-state index in [1.165, 1.54) is 0 Å². The van der Waals surface area contributed by atoms with E-state index in [0.717, 1.165) is 29.8 Å². The van der Waals surface area contributed by atoms with Crippen molar-refractivity contribution < 1.29 is 9.59 Å². The van der Waals surface area contributed by atoms with Crippen LogP contribution in [0.4, 0.5) is 5.69 Å². The van der Waals surface area contributed by atoms with Gasteiger partial charge in [-0.25, -0.2) is 0 Å². The topological polar surface area (TPSA) is 67.2 Å². The lowest BCUT2D eigenvalue weighted by Gasteiger charge is -2.33. The highest BCUT2D eigenvalue weighted by Crippen LogP contribution is 2.49. The maximum absolute atomic E-state index is 13.2. The van der Waals surface area contributed by atoms with Crippen molar-refractivity contribution in [2.75, 3.05) is 11.9 Å². The van der Waals surface area contributed by atoms with Crippen LogP contribution < -0.4 is 5.32 Å². The first-order chi connectivity index (χ1) is 12.5. The summed E-state index contributed by atoms with van der Waals surface area (Å²) >= 11 is 0. The summed E-state index contributed by atoms with van der Waals surface area (Å²) in [6, 6.07) is 9.54. The number of para-hydroxylation sites is 1. The number of amides is 2. The van der Waals surface area contributed by atoms with Gasteiger partial charge in [0.2, 0.25) is 5.91 Å². The van der Waals surface area contributed by atoms with E-state index in [2.05, 4.69) is 17.3 Å². The zero-order valence-electron chi connectivity index (χ0n) is 15.5. The van der Waals surface area contributed by atoms with E-state index in [1.54, 1.807) is 4.68 Å². The molecule has 0 unspecified atom stereocenters. The van der Waals surface area contributed by atoms with Crippen LogP contribution in [0.1, 0.15) is 47.9 Å². The van der Waals surface area contributed by atoms with Crippen LogP contribution in [-0.4, -0.2) is 39.1 Å². The van der Waals surface area contributed by atoms with Crippen LogP contribution in [-0.2, 0) is 17.3 Å². The number of benzene rings is 1. The van der Waals surface area contributed by atoms with Crippen molar-refractivity contribution in [2.45, 2.75) is 44.6 Å². The first-order valence-electron chi connectivity index (χ1n) is 9.21. The highest BCUT2D eigenvalue weighted by atomic mass is 16.2. The van der Waals surface area contributed by atoms with Gasteiger partial charge in [0.1, 0.15) is 0 Å². The molecule has 0 radical (unpaired) electrons. The number of carbonyl (C=O) groups excluding carboxylic acids is 2. The Kier molecular flexibility index (Phi) is 3.86. The molecule has 2 aliphatic heterocycles. The molecule has 0 aliphatic carbocycles. The van der Waals surface area contributed by atoms with E-state index in [-0.39, 0.29) is 17.9 Å². The average Bonchev–Trinajstić information content (AvgIpc) is 3.25. The third-order valence-corrected chi connectivity index (χ3v) is 5.91. The average molecular weight is 352 g/mol. The van der Waals surface area contributed by atoms with Gasteiger partial charge in [0.25, 0.3) is 5.91 Å². The summed E-state index contributed by atoms with van der Waals surface area (Å²) < 4.78 is 1.71. The van der Waals surface area contributed by atoms with Crippen molar-refractivity contribution >= 4 is 17.5 Å². The van der Waals surface area contributed by atoms with Crippen LogP contribution in [0, 0.1) is 6.92 Å². The Morgan fingerprint density at radius 3 is 2.85 bits per heavy atom. The van der Waals surface area contributed by atoms with Crippen molar-refractivity contribution in [3.8, 4) is 0 Å². The second-order valence-electron chi connectivity index (χ2n) is 7.32. The lowest BCUT2D eigenvalue weighted by molar-refractivity contribution is -0.121. The Morgan fingerprint density at radius 1 is 1.38 bits per heavy atom. The number of anilines is 1. The lowest BCUT2D eigenvalue weighted by Crippen LogP contribution is -2.48. The molecule has 2 amide bonds. The minimum atomic E-state index is -0.647. The van der Waals surface area contributed by atoms with Crippen LogP contribution in [0.3, 0.4) is 0 Å². The predicted molar refractivity (Wildman–Crippen MR) is 99.0 cm³/mol. The Morgan fingerprint density at radius 2 is 2.15 bits per heavy atom. The van der Waals surface area contributed by atoms with Crippen LogP contribution in [0.5, 0.6) is 0 Å². The highest BCUT2D eigenvalue weighted by molar-refractivity contribution is 6.08. The van der Waals surface area contributed by atoms with Gasteiger partial charge in [0.05, 0.1) is 11.5 Å². The van der Waals surface area contributed by atoms with E-state index < -0.39 is 5.41 Å². The highest BCUT2D eigenvalue weighted by Gasteiger charge is 2.58. The van der Waals surface area contributed by atoms with E-state index in [0.29, 0.717) is 18.7 Å². The molecule has 136 valence electrons. The molecule has 0 saturated carbocycles. The minimum absolute atomic E-state index is 0.0182. The number of aryl methyl sites for hydroxylation is 2. The molecular formula is C20H24N4O2. The lowest BCUT2D eigenvalue weighted by atomic mass is 9.73. The SMILES string of the molecule is CCC[C@@H]1N(C(=O)c2cc(C)n(C)n2)CC[C@]12C(=O)Nc1ccccc12. The molecule has 1 aromatic carbocycles. The quantitative estimate of drug-likeness (QED) is 0.923. The number of rotatable bonds is 3. The van der Waals surface area contributed by atoms with E-state index in [9.17, 15) is 9.59 Å². The molecule has 1 spiro atoms. The number of carbonyl (C=O) groups is 2. The summed E-state index contributed by atoms with van der Waals surface area (Å²) in [5.41, 5.74) is 2.65. The van der Waals surface area contributed by atoms with Crippen molar-refractivity contribution in [3.05, 3.63) is 47.3 Å². The van der Waals surface area contributed by atoms with Crippen molar-refractivity contribution in [1.29, 1.82) is 0 Å². The molecule has 2 aromatic rings. The fourth-order valence-electron chi connectivity index (χ4n) is 4.53. The number of nitrogens with one attached hydrogen (secondary N) is 1. The van der Waals surface area contributed by atoms with Gasteiger partial charge in [0.15, 0.2) is 5.69 Å². The largest absolute Gasteiger partial charge is 0.333 e. The first-order valence-corrected chi connectivity index (χ1v) is 9.21. The van der Waals surface area contributed by atoms with Gasteiger partial charge in [-0.15, -0.1) is 0 Å². The van der Waals surface area contributed by atoms with Gasteiger partial charge in [0, 0.05) is 25.0 Å². The van der Waals surface area contributed by atoms with Gasteiger partial charge in [-0.3, -0.25) is 14.3 Å². The van der Waals surface area contributed by atoms with Crippen LogP contribution in [0.15, 0.2) is 30.3 Å². The zero-order chi connectivity index (χ0) is 18.5. The first kappa shape index (κ1) is 16.8. The molecule has 6 nitrogen and oxygen atoms in total. The molecule has 1 fully saturated rings. The summed E-state index contributed by atoms with van der Waals surface area (Å²) in [5, 5.41) is 7.39. The van der Waals surface area contributed by atoms with Gasteiger partial charge in [-0.05, 0) is 37.5 Å². The monoisotopic (exact) mass is 352 g/mol. The molecule has 0 bridgehead atoms. The fourth-order valence-corrected chi connectivity index (χ4v) is 4.53. The summed E-state index contributed by atoms with van der Waals surface area (Å²) in [6.07, 6.45) is 2.35. The Labute approximate surface area is 153 Å². The van der Waals surface area contributed by atoms with Crippen molar-refractivity contribution in [1.82, 2.24) is 14.7 Å². The normalized spacial score (nSPS) is 24.2. The number of fused-ring (bicyclic) bond motifs is 2. The summed E-state index contributed by atoms with van der Waals surface area (Å²) in [7, 11) is 1.84. The minimum Gasteiger partial charge on any atom is -0.333 e. The maximum Gasteiger partial charge on any atom is 0.274 e. The van der Waals surface area contributed by atoms with Crippen LogP contribution in [0.2, 0.25) is 0 Å². The second-order valence-corrected chi connectivity index (χ2v) is 7.32. The second kappa shape index (κ2) is 5.97. The molecule has 6 heteroatoms. The fraction of sp³-hybridized carbons (Fsp3) is 0.450. The molecule has 2 aliphatic rings. The number of hydrogen-bond acceptors (Lipinski definition) is 3. The molecule has 2 atom stereocenters. The van der Waals surface area contributed by atoms with E-state index in [4.69, 9.17) is 0 Å². The third-order valence-electron chi connectivity index (χ3n) is 5.91. The maximum atomic E-state index is 13.2. The molecular weight excluding hydrogens is 328 g/mol. The Balaban J connectivity index is 1.75.